The molecule has 0 atom stereocenters. The highest BCUT2D eigenvalue weighted by Crippen LogP contribution is 2.20. The van der Waals surface area contributed by atoms with Gasteiger partial charge in [0.05, 0.1) is 18.1 Å². The molecule has 0 spiro atoms. The second-order valence-electron chi connectivity index (χ2n) is 4.84. The highest BCUT2D eigenvalue weighted by molar-refractivity contribution is 7.11. The summed E-state index contributed by atoms with van der Waals surface area (Å²) in [4.78, 5) is 30.5. The predicted octanol–water partition coefficient (Wildman–Crippen LogP) is 2.34. The van der Waals surface area contributed by atoms with Crippen molar-refractivity contribution in [2.45, 2.75) is 13.5 Å². The van der Waals surface area contributed by atoms with Crippen LogP contribution in [0.2, 0.25) is 0 Å². The Morgan fingerprint density at radius 3 is 3.05 bits per heavy atom. The van der Waals surface area contributed by atoms with Crippen molar-refractivity contribution in [3.8, 4) is 0 Å². The topological polar surface area (TPSA) is 71.5 Å². The van der Waals surface area contributed by atoms with Gasteiger partial charge in [-0.25, -0.2) is 9.78 Å². The molecule has 0 unspecified atom stereocenters. The molecule has 1 aliphatic heterocycles. The van der Waals surface area contributed by atoms with Gasteiger partial charge in [-0.3, -0.25) is 9.69 Å². The first-order valence-corrected chi connectivity index (χ1v) is 7.69. The third-order valence-corrected chi connectivity index (χ3v) is 4.19. The molecule has 2 aromatic rings. The molecule has 0 saturated carbocycles. The number of nitrogens with one attached hydrogen (secondary N) is 1. The van der Waals surface area contributed by atoms with Gasteiger partial charge in [-0.1, -0.05) is 6.07 Å². The third kappa shape index (κ3) is 3.09. The molecule has 6 nitrogen and oxygen atoms in total. The number of cyclic esters (lactones) is 1. The second-order valence-corrected chi connectivity index (χ2v) is 6.16. The van der Waals surface area contributed by atoms with Crippen molar-refractivity contribution in [1.29, 1.82) is 0 Å². The summed E-state index contributed by atoms with van der Waals surface area (Å²) in [5.74, 6) is -0.180. The number of aromatic nitrogens is 1. The van der Waals surface area contributed by atoms with Gasteiger partial charge < -0.3 is 10.1 Å². The summed E-state index contributed by atoms with van der Waals surface area (Å²) in [5, 5.41) is 3.83. The smallest absolute Gasteiger partial charge is 0.414 e. The van der Waals surface area contributed by atoms with Crippen LogP contribution in [0.1, 0.15) is 20.2 Å². The Morgan fingerprint density at radius 1 is 1.50 bits per heavy atom. The largest absolute Gasteiger partial charge is 0.447 e. The lowest BCUT2D eigenvalue weighted by Crippen LogP contribution is -2.25. The molecule has 3 rings (SSSR count). The summed E-state index contributed by atoms with van der Waals surface area (Å²) in [7, 11) is 0. The molecule has 1 fully saturated rings. The number of nitrogens with zero attached hydrogens (tertiary/aromatic N) is 2. The molecule has 2 amide bonds. The van der Waals surface area contributed by atoms with Crippen molar-refractivity contribution in [3.05, 3.63) is 45.9 Å². The number of hydrogen-bond donors (Lipinski definition) is 1. The highest BCUT2D eigenvalue weighted by atomic mass is 32.1. The van der Waals surface area contributed by atoms with Gasteiger partial charge in [-0.05, 0) is 25.1 Å². The highest BCUT2D eigenvalue weighted by Gasteiger charge is 2.24. The minimum Gasteiger partial charge on any atom is -0.447 e. The summed E-state index contributed by atoms with van der Waals surface area (Å²) in [5.41, 5.74) is 1.18. The number of amides is 2. The molecule has 114 valence electrons. The quantitative estimate of drug-likeness (QED) is 0.939. The molecular formula is C15H15N3O3S. The zero-order chi connectivity index (χ0) is 15.5. The number of carbonyl (C=O) groups excluding carboxylic acids is 2. The number of rotatable bonds is 4. The molecular weight excluding hydrogens is 302 g/mol. The molecule has 1 aliphatic rings. The van der Waals surface area contributed by atoms with Gasteiger partial charge in [-0.15, -0.1) is 11.3 Å². The van der Waals surface area contributed by atoms with E-state index in [1.165, 1.54) is 4.90 Å². The number of carbonyl (C=O) groups is 2. The fourth-order valence-corrected chi connectivity index (χ4v) is 2.93. The van der Waals surface area contributed by atoms with E-state index in [1.807, 2.05) is 6.92 Å². The summed E-state index contributed by atoms with van der Waals surface area (Å²) in [6.07, 6.45) is 1.38. The molecule has 1 N–H and O–H groups in total. The van der Waals surface area contributed by atoms with Crippen molar-refractivity contribution in [1.82, 2.24) is 10.3 Å². The van der Waals surface area contributed by atoms with Gasteiger partial charge >= 0.3 is 6.09 Å². The van der Waals surface area contributed by atoms with Crippen molar-refractivity contribution >= 4 is 29.0 Å². The molecule has 22 heavy (non-hydrogen) atoms. The Hall–Kier alpha value is -2.41. The van der Waals surface area contributed by atoms with Crippen molar-refractivity contribution < 1.29 is 14.3 Å². The SMILES string of the molecule is Cc1ncc(CNC(=O)c2cccc(N3CCOC3=O)c2)s1. The summed E-state index contributed by atoms with van der Waals surface area (Å²) < 4.78 is 4.91. The van der Waals surface area contributed by atoms with E-state index in [-0.39, 0.29) is 12.0 Å². The van der Waals surface area contributed by atoms with Crippen molar-refractivity contribution in [2.24, 2.45) is 0 Å². The van der Waals surface area contributed by atoms with Gasteiger partial charge in [-0.2, -0.15) is 0 Å². The van der Waals surface area contributed by atoms with E-state index in [4.69, 9.17) is 4.74 Å². The molecule has 0 bridgehead atoms. The van der Waals surface area contributed by atoms with E-state index < -0.39 is 0 Å². The van der Waals surface area contributed by atoms with Gasteiger partial charge in [0.25, 0.3) is 5.91 Å². The lowest BCUT2D eigenvalue weighted by atomic mass is 10.1. The maximum Gasteiger partial charge on any atom is 0.414 e. The Labute approximate surface area is 131 Å². The first-order valence-electron chi connectivity index (χ1n) is 6.87. The van der Waals surface area contributed by atoms with Crippen LogP contribution in [0.5, 0.6) is 0 Å². The van der Waals surface area contributed by atoms with E-state index in [2.05, 4.69) is 10.3 Å². The zero-order valence-electron chi connectivity index (χ0n) is 12.0. The zero-order valence-corrected chi connectivity index (χ0v) is 12.9. The van der Waals surface area contributed by atoms with E-state index >= 15 is 0 Å². The third-order valence-electron chi connectivity index (χ3n) is 3.27. The van der Waals surface area contributed by atoms with Crippen LogP contribution in [0.25, 0.3) is 0 Å². The van der Waals surface area contributed by atoms with Gasteiger partial charge in [0, 0.05) is 22.3 Å². The van der Waals surface area contributed by atoms with E-state index in [0.717, 1.165) is 9.88 Å². The normalized spacial score (nSPS) is 14.0. The van der Waals surface area contributed by atoms with Crippen LogP contribution in [0.4, 0.5) is 10.5 Å². The number of anilines is 1. The van der Waals surface area contributed by atoms with E-state index in [9.17, 15) is 9.59 Å². The Balaban J connectivity index is 1.68. The van der Waals surface area contributed by atoms with Crippen molar-refractivity contribution in [2.75, 3.05) is 18.1 Å². The molecule has 0 radical (unpaired) electrons. The Bertz CT molecular complexity index is 714. The molecule has 1 aromatic heterocycles. The first kappa shape index (κ1) is 14.5. The molecule has 1 saturated heterocycles. The molecule has 0 aliphatic carbocycles. The fraction of sp³-hybridized carbons (Fsp3) is 0.267. The second kappa shape index (κ2) is 6.15. The minimum absolute atomic E-state index is 0.180. The Morgan fingerprint density at radius 2 is 2.36 bits per heavy atom. The standard InChI is InChI=1S/C15H15N3O3S/c1-10-16-8-13(22-10)9-17-14(19)11-3-2-4-12(7-11)18-5-6-21-15(18)20/h2-4,7-8H,5-6,9H2,1H3,(H,17,19). The van der Waals surface area contributed by atoms with Crippen LogP contribution >= 0.6 is 11.3 Å². The summed E-state index contributed by atoms with van der Waals surface area (Å²) in [6.45, 7) is 3.25. The monoisotopic (exact) mass is 317 g/mol. The number of aryl methyl sites for hydroxylation is 1. The van der Waals surface area contributed by atoms with Crippen LogP contribution < -0.4 is 10.2 Å². The van der Waals surface area contributed by atoms with E-state index in [1.54, 1.807) is 41.8 Å². The molecule has 2 heterocycles. The number of benzene rings is 1. The average Bonchev–Trinajstić information content (AvgIpc) is 3.13. The lowest BCUT2D eigenvalue weighted by Gasteiger charge is -2.13. The maximum absolute atomic E-state index is 12.2. The van der Waals surface area contributed by atoms with Crippen LogP contribution in [0.15, 0.2) is 30.5 Å². The van der Waals surface area contributed by atoms with Crippen LogP contribution in [0, 0.1) is 6.92 Å². The maximum atomic E-state index is 12.2. The van der Waals surface area contributed by atoms with Crippen LogP contribution in [-0.2, 0) is 11.3 Å². The number of thiazole rings is 1. The van der Waals surface area contributed by atoms with Crippen LogP contribution in [-0.4, -0.2) is 30.1 Å². The van der Waals surface area contributed by atoms with Crippen LogP contribution in [0.3, 0.4) is 0 Å². The first-order chi connectivity index (χ1) is 10.6. The van der Waals surface area contributed by atoms with Crippen molar-refractivity contribution in [3.63, 3.8) is 0 Å². The average molecular weight is 317 g/mol. The van der Waals surface area contributed by atoms with E-state index in [0.29, 0.717) is 30.9 Å². The number of ether oxygens (including phenoxy) is 1. The molecule has 7 heteroatoms. The van der Waals surface area contributed by atoms with Gasteiger partial charge in [0.2, 0.25) is 0 Å². The van der Waals surface area contributed by atoms with Gasteiger partial charge in [0.1, 0.15) is 6.61 Å². The minimum atomic E-state index is -0.377. The lowest BCUT2D eigenvalue weighted by molar-refractivity contribution is 0.0951. The fourth-order valence-electron chi connectivity index (χ4n) is 2.20. The predicted molar refractivity (Wildman–Crippen MR) is 83.2 cm³/mol. The number of hydrogen-bond acceptors (Lipinski definition) is 5. The van der Waals surface area contributed by atoms with Gasteiger partial charge in [0.15, 0.2) is 0 Å². The molecule has 1 aromatic carbocycles. The summed E-state index contributed by atoms with van der Waals surface area (Å²) >= 11 is 1.55. The Kier molecular flexibility index (Phi) is 4.06. The summed E-state index contributed by atoms with van der Waals surface area (Å²) in [6, 6.07) is 6.96.